The number of rotatable bonds is 3. The van der Waals surface area contributed by atoms with Crippen LogP contribution in [0.4, 0.5) is 0 Å². The van der Waals surface area contributed by atoms with Crippen LogP contribution in [0.2, 0.25) is 0 Å². The Morgan fingerprint density at radius 1 is 1.07 bits per heavy atom. The summed E-state index contributed by atoms with van der Waals surface area (Å²) < 4.78 is 11.9. The lowest BCUT2D eigenvalue weighted by atomic mass is 9.78. The van der Waals surface area contributed by atoms with Gasteiger partial charge in [0, 0.05) is 16.0 Å². The van der Waals surface area contributed by atoms with E-state index >= 15 is 0 Å². The predicted octanol–water partition coefficient (Wildman–Crippen LogP) is 5.84. The molecule has 2 aromatic heterocycles. The van der Waals surface area contributed by atoms with Crippen molar-refractivity contribution < 1.29 is 9.15 Å². The molecule has 4 rings (SSSR count). The van der Waals surface area contributed by atoms with Crippen LogP contribution >= 0.6 is 11.3 Å². The van der Waals surface area contributed by atoms with Crippen LogP contribution in [0.5, 0.6) is 0 Å². The predicted molar refractivity (Wildman–Crippen MR) is 104 cm³/mol. The molecule has 0 amide bonds. The van der Waals surface area contributed by atoms with E-state index in [0.29, 0.717) is 5.76 Å². The van der Waals surface area contributed by atoms with Crippen molar-refractivity contribution in [2.75, 3.05) is 0 Å². The molecule has 1 saturated carbocycles. The van der Waals surface area contributed by atoms with Crippen LogP contribution in [0.3, 0.4) is 0 Å². The maximum atomic E-state index is 9.49. The van der Waals surface area contributed by atoms with Crippen molar-refractivity contribution in [1.82, 2.24) is 0 Å². The van der Waals surface area contributed by atoms with Gasteiger partial charge in [-0.15, -0.1) is 11.3 Å². The highest BCUT2D eigenvalue weighted by Crippen LogP contribution is 2.52. The number of furan rings is 1. The third-order valence-corrected chi connectivity index (χ3v) is 6.01. The van der Waals surface area contributed by atoms with Crippen LogP contribution in [-0.4, -0.2) is 5.60 Å². The van der Waals surface area contributed by atoms with Gasteiger partial charge in [0.15, 0.2) is 11.3 Å². The smallest absolute Gasteiger partial charge is 0.172 e. The molecule has 1 aliphatic heterocycles. The fraction of sp³-hybridized carbons (Fsp3) is 0.273. The molecule has 3 heterocycles. The number of ether oxygens (including phenoxy) is 1. The van der Waals surface area contributed by atoms with Gasteiger partial charge in [-0.05, 0) is 55.3 Å². The van der Waals surface area contributed by atoms with Gasteiger partial charge < -0.3 is 9.15 Å². The monoisotopic (exact) mass is 374 g/mol. The van der Waals surface area contributed by atoms with E-state index in [9.17, 15) is 10.5 Å². The number of allylic oxidation sites excluding steroid dienone is 2. The molecular weight excluding hydrogens is 356 g/mol. The minimum absolute atomic E-state index is 0.0322. The van der Waals surface area contributed by atoms with E-state index in [0.717, 1.165) is 47.5 Å². The average Bonchev–Trinajstić information content (AvgIpc) is 3.43. The lowest BCUT2D eigenvalue weighted by Crippen LogP contribution is -2.33. The summed E-state index contributed by atoms with van der Waals surface area (Å²) in [5.41, 5.74) is 1.46. The van der Waals surface area contributed by atoms with Gasteiger partial charge in [-0.25, -0.2) is 0 Å². The quantitative estimate of drug-likeness (QED) is 0.633. The van der Waals surface area contributed by atoms with Gasteiger partial charge in [0.2, 0.25) is 0 Å². The number of thiophene rings is 1. The molecule has 27 heavy (non-hydrogen) atoms. The summed E-state index contributed by atoms with van der Waals surface area (Å²) in [6.07, 6.45) is 10.7. The molecule has 0 saturated heterocycles. The summed E-state index contributed by atoms with van der Waals surface area (Å²) in [5, 5.41) is 21.0. The van der Waals surface area contributed by atoms with Crippen LogP contribution in [-0.2, 0) is 4.74 Å². The summed E-state index contributed by atoms with van der Waals surface area (Å²) in [4.78, 5) is 1.01. The van der Waals surface area contributed by atoms with Crippen molar-refractivity contribution in [2.45, 2.75) is 37.7 Å². The minimum atomic E-state index is -0.477. The molecule has 134 valence electrons. The van der Waals surface area contributed by atoms with Gasteiger partial charge in [0.05, 0.1) is 6.26 Å². The van der Waals surface area contributed by atoms with Gasteiger partial charge >= 0.3 is 0 Å². The molecule has 0 bridgehead atoms. The van der Waals surface area contributed by atoms with E-state index in [1.54, 1.807) is 17.6 Å². The van der Waals surface area contributed by atoms with Gasteiger partial charge in [0.1, 0.15) is 23.5 Å². The average molecular weight is 374 g/mol. The lowest BCUT2D eigenvalue weighted by molar-refractivity contribution is 0.0265. The summed E-state index contributed by atoms with van der Waals surface area (Å²) in [5.74, 6) is 1.18. The maximum absolute atomic E-state index is 9.49. The number of hydrogen-bond acceptors (Lipinski definition) is 5. The Kier molecular flexibility index (Phi) is 4.71. The summed E-state index contributed by atoms with van der Waals surface area (Å²) in [6, 6.07) is 11.8. The molecule has 2 aliphatic rings. The first-order valence-corrected chi connectivity index (χ1v) is 9.89. The molecule has 1 spiro atoms. The molecule has 0 atom stereocenters. The van der Waals surface area contributed by atoms with Crippen molar-refractivity contribution in [3.63, 3.8) is 0 Å². The van der Waals surface area contributed by atoms with Crippen molar-refractivity contribution in [2.24, 2.45) is 0 Å². The zero-order valence-electron chi connectivity index (χ0n) is 14.8. The second kappa shape index (κ2) is 7.31. The highest BCUT2D eigenvalue weighted by atomic mass is 32.1. The molecule has 1 fully saturated rings. The molecule has 1 aliphatic carbocycles. The van der Waals surface area contributed by atoms with Crippen molar-refractivity contribution in [1.29, 1.82) is 10.5 Å². The lowest BCUT2D eigenvalue weighted by Gasteiger charge is -2.34. The SMILES string of the molecule is N#CC(C#N)=C1OC2(CCCCC2)C(/C=C/c2ccco2)=C1c1cccs1. The molecule has 0 N–H and O–H groups in total. The van der Waals surface area contributed by atoms with Crippen LogP contribution in [0.25, 0.3) is 11.6 Å². The Balaban J connectivity index is 1.94. The number of hydrogen-bond donors (Lipinski definition) is 0. The minimum Gasteiger partial charge on any atom is -0.480 e. The molecule has 0 aromatic carbocycles. The second-order valence-electron chi connectivity index (χ2n) is 6.70. The van der Waals surface area contributed by atoms with E-state index < -0.39 is 5.60 Å². The molecule has 0 unspecified atom stereocenters. The van der Waals surface area contributed by atoms with Crippen LogP contribution in [0.15, 0.2) is 63.3 Å². The fourth-order valence-electron chi connectivity index (χ4n) is 3.90. The van der Waals surface area contributed by atoms with Crippen molar-refractivity contribution in [3.8, 4) is 12.1 Å². The van der Waals surface area contributed by atoms with Crippen LogP contribution < -0.4 is 0 Å². The van der Waals surface area contributed by atoms with Gasteiger partial charge in [0.25, 0.3) is 0 Å². The fourth-order valence-corrected chi connectivity index (χ4v) is 4.68. The Hall–Kier alpha value is -3.02. The molecule has 4 nitrogen and oxygen atoms in total. The Morgan fingerprint density at radius 3 is 2.52 bits per heavy atom. The van der Waals surface area contributed by atoms with E-state index in [1.807, 2.05) is 53.9 Å². The molecular formula is C22H18N2O2S. The normalized spacial score (nSPS) is 18.5. The van der Waals surface area contributed by atoms with E-state index in [2.05, 4.69) is 0 Å². The largest absolute Gasteiger partial charge is 0.480 e. The third kappa shape index (κ3) is 3.12. The van der Waals surface area contributed by atoms with Crippen molar-refractivity contribution in [3.05, 3.63) is 69.5 Å². The van der Waals surface area contributed by atoms with E-state index in [-0.39, 0.29) is 5.57 Å². The Labute approximate surface area is 162 Å². The zero-order valence-corrected chi connectivity index (χ0v) is 15.6. The number of nitriles is 2. The first kappa shape index (κ1) is 17.4. The molecule has 5 heteroatoms. The van der Waals surface area contributed by atoms with Gasteiger partial charge in [-0.1, -0.05) is 18.6 Å². The summed E-state index contributed by atoms with van der Waals surface area (Å²) >= 11 is 1.59. The Morgan fingerprint density at radius 2 is 1.89 bits per heavy atom. The molecule has 2 aromatic rings. The van der Waals surface area contributed by atoms with Crippen LogP contribution in [0.1, 0.15) is 42.7 Å². The van der Waals surface area contributed by atoms with Crippen molar-refractivity contribution >= 4 is 23.0 Å². The number of nitrogens with zero attached hydrogens (tertiary/aromatic N) is 2. The van der Waals surface area contributed by atoms with Gasteiger partial charge in [-0.3, -0.25) is 0 Å². The van der Waals surface area contributed by atoms with Crippen LogP contribution in [0, 0.1) is 22.7 Å². The summed E-state index contributed by atoms with van der Waals surface area (Å²) in [6.45, 7) is 0. The van der Waals surface area contributed by atoms with E-state index in [4.69, 9.17) is 9.15 Å². The first-order chi connectivity index (χ1) is 13.3. The van der Waals surface area contributed by atoms with E-state index in [1.165, 1.54) is 6.42 Å². The third-order valence-electron chi connectivity index (χ3n) is 5.12. The summed E-state index contributed by atoms with van der Waals surface area (Å²) in [7, 11) is 0. The second-order valence-corrected chi connectivity index (χ2v) is 7.65. The maximum Gasteiger partial charge on any atom is 0.172 e. The highest BCUT2D eigenvalue weighted by Gasteiger charge is 2.46. The standard InChI is InChI=1S/C22H18N2O2S/c23-14-16(15-24)21-20(19-7-5-13-27-19)18(9-8-17-6-4-12-25-17)22(26-21)10-2-1-3-11-22/h4-9,12-13H,1-3,10-11H2/b9-8+. The Bertz CT molecular complexity index is 974. The highest BCUT2D eigenvalue weighted by molar-refractivity contribution is 7.11. The molecule has 0 radical (unpaired) electrons. The first-order valence-electron chi connectivity index (χ1n) is 9.01. The van der Waals surface area contributed by atoms with Gasteiger partial charge in [-0.2, -0.15) is 10.5 Å². The zero-order chi connectivity index (χ0) is 18.7. The topological polar surface area (TPSA) is 70.0 Å².